The van der Waals surface area contributed by atoms with E-state index in [1.807, 2.05) is 29.2 Å². The van der Waals surface area contributed by atoms with Gasteiger partial charge in [-0.2, -0.15) is 0 Å². The van der Waals surface area contributed by atoms with Crippen LogP contribution in [0.3, 0.4) is 0 Å². The van der Waals surface area contributed by atoms with Crippen LogP contribution in [-0.2, 0) is 4.79 Å². The van der Waals surface area contributed by atoms with Gasteiger partial charge in [-0.15, -0.1) is 0 Å². The maximum atomic E-state index is 12.8. The predicted molar refractivity (Wildman–Crippen MR) is 77.7 cm³/mol. The summed E-state index contributed by atoms with van der Waals surface area (Å²) >= 11 is 0. The Morgan fingerprint density at radius 3 is 3.05 bits per heavy atom. The summed E-state index contributed by atoms with van der Waals surface area (Å²) in [7, 11) is 0. The molecule has 0 bridgehead atoms. The fourth-order valence-corrected chi connectivity index (χ4v) is 3.20. The molecule has 1 amide bonds. The van der Waals surface area contributed by atoms with Crippen molar-refractivity contribution >= 4 is 5.91 Å². The van der Waals surface area contributed by atoms with E-state index in [2.05, 4.69) is 6.92 Å². The molecule has 2 atom stereocenters. The molecule has 1 aromatic rings. The minimum Gasteiger partial charge on any atom is -0.493 e. The van der Waals surface area contributed by atoms with Crippen LogP contribution in [0.2, 0.25) is 0 Å². The molecule has 1 saturated heterocycles. The molecule has 1 aromatic carbocycles. The standard InChI is InChI=1S/C16H22N2O2/c1-16(10-17)7-8-18(11-16)15(19)13-6-9-20-14-5-3-2-4-12(13)14/h2-5,13H,6-11,17H2,1H3. The van der Waals surface area contributed by atoms with E-state index in [9.17, 15) is 4.79 Å². The van der Waals surface area contributed by atoms with Crippen molar-refractivity contribution in [2.75, 3.05) is 26.2 Å². The molecule has 3 rings (SSSR count). The summed E-state index contributed by atoms with van der Waals surface area (Å²) in [5.41, 5.74) is 6.94. The second-order valence-corrected chi connectivity index (χ2v) is 6.25. The molecular weight excluding hydrogens is 252 g/mol. The molecule has 2 heterocycles. The third-order valence-corrected chi connectivity index (χ3v) is 4.62. The van der Waals surface area contributed by atoms with Crippen LogP contribution in [-0.4, -0.2) is 37.0 Å². The van der Waals surface area contributed by atoms with E-state index in [0.29, 0.717) is 13.2 Å². The minimum atomic E-state index is -0.0555. The van der Waals surface area contributed by atoms with Crippen molar-refractivity contribution in [3.8, 4) is 5.75 Å². The normalized spacial score (nSPS) is 28.9. The number of nitrogens with zero attached hydrogens (tertiary/aromatic N) is 1. The van der Waals surface area contributed by atoms with Crippen molar-refractivity contribution in [3.63, 3.8) is 0 Å². The Morgan fingerprint density at radius 2 is 2.30 bits per heavy atom. The predicted octanol–water partition coefficient (Wildman–Crippen LogP) is 1.75. The maximum Gasteiger partial charge on any atom is 0.230 e. The SMILES string of the molecule is CC1(CN)CCN(C(=O)C2CCOc3ccccc32)C1. The number of hydrogen-bond donors (Lipinski definition) is 1. The van der Waals surface area contributed by atoms with E-state index in [0.717, 1.165) is 37.2 Å². The van der Waals surface area contributed by atoms with E-state index >= 15 is 0 Å². The summed E-state index contributed by atoms with van der Waals surface area (Å²) in [6.45, 7) is 5.03. The van der Waals surface area contributed by atoms with Gasteiger partial charge in [0.1, 0.15) is 5.75 Å². The first-order valence-corrected chi connectivity index (χ1v) is 7.33. The summed E-state index contributed by atoms with van der Waals surface area (Å²) in [6.07, 6.45) is 1.77. The molecule has 108 valence electrons. The number of nitrogens with two attached hydrogens (primary N) is 1. The van der Waals surface area contributed by atoms with E-state index in [4.69, 9.17) is 10.5 Å². The van der Waals surface area contributed by atoms with Gasteiger partial charge in [0.05, 0.1) is 12.5 Å². The molecule has 2 unspecified atom stereocenters. The molecule has 4 nitrogen and oxygen atoms in total. The first-order chi connectivity index (χ1) is 9.63. The van der Waals surface area contributed by atoms with E-state index in [1.165, 1.54) is 0 Å². The molecule has 2 aliphatic rings. The van der Waals surface area contributed by atoms with Gasteiger partial charge in [0.2, 0.25) is 5.91 Å². The monoisotopic (exact) mass is 274 g/mol. The van der Waals surface area contributed by atoms with E-state index < -0.39 is 0 Å². The van der Waals surface area contributed by atoms with Crippen LogP contribution in [0.1, 0.15) is 31.2 Å². The van der Waals surface area contributed by atoms with Crippen molar-refractivity contribution in [2.24, 2.45) is 11.1 Å². The van der Waals surface area contributed by atoms with Gasteiger partial charge in [0.15, 0.2) is 0 Å². The highest BCUT2D eigenvalue weighted by Gasteiger charge is 2.38. The zero-order chi connectivity index (χ0) is 14.2. The molecule has 0 aromatic heterocycles. The van der Waals surface area contributed by atoms with Crippen LogP contribution in [0.25, 0.3) is 0 Å². The first kappa shape index (κ1) is 13.4. The lowest BCUT2D eigenvalue weighted by Gasteiger charge is -2.29. The lowest BCUT2D eigenvalue weighted by atomic mass is 9.90. The average molecular weight is 274 g/mol. The average Bonchev–Trinajstić information content (AvgIpc) is 2.89. The van der Waals surface area contributed by atoms with Crippen LogP contribution < -0.4 is 10.5 Å². The zero-order valence-electron chi connectivity index (χ0n) is 12.0. The molecule has 4 heteroatoms. The second-order valence-electron chi connectivity index (χ2n) is 6.25. The number of benzene rings is 1. The van der Waals surface area contributed by atoms with Crippen LogP contribution in [0.4, 0.5) is 0 Å². The number of para-hydroxylation sites is 1. The molecule has 0 radical (unpaired) electrons. The molecule has 0 saturated carbocycles. The Balaban J connectivity index is 1.79. The van der Waals surface area contributed by atoms with E-state index in [-0.39, 0.29) is 17.2 Å². The molecule has 2 aliphatic heterocycles. The Bertz CT molecular complexity index is 517. The molecule has 0 aliphatic carbocycles. The van der Waals surface area contributed by atoms with Gasteiger partial charge in [-0.1, -0.05) is 25.1 Å². The quantitative estimate of drug-likeness (QED) is 0.894. The highest BCUT2D eigenvalue weighted by Crippen LogP contribution is 2.37. The van der Waals surface area contributed by atoms with Gasteiger partial charge in [-0.3, -0.25) is 4.79 Å². The van der Waals surface area contributed by atoms with Crippen molar-refractivity contribution in [3.05, 3.63) is 29.8 Å². The highest BCUT2D eigenvalue weighted by atomic mass is 16.5. The minimum absolute atomic E-state index is 0.0555. The van der Waals surface area contributed by atoms with Gasteiger partial charge < -0.3 is 15.4 Å². The molecule has 20 heavy (non-hydrogen) atoms. The van der Waals surface area contributed by atoms with Crippen LogP contribution in [0, 0.1) is 5.41 Å². The van der Waals surface area contributed by atoms with Gasteiger partial charge in [-0.25, -0.2) is 0 Å². The lowest BCUT2D eigenvalue weighted by molar-refractivity contribution is -0.132. The smallest absolute Gasteiger partial charge is 0.230 e. The molecule has 0 spiro atoms. The summed E-state index contributed by atoms with van der Waals surface area (Å²) in [6, 6.07) is 7.88. The van der Waals surface area contributed by atoms with Crippen LogP contribution >= 0.6 is 0 Å². The number of carbonyl (C=O) groups excluding carboxylic acids is 1. The number of fused-ring (bicyclic) bond motifs is 1. The number of hydrogen-bond acceptors (Lipinski definition) is 3. The summed E-state index contributed by atoms with van der Waals surface area (Å²) < 4.78 is 5.64. The molecular formula is C16H22N2O2. The Morgan fingerprint density at radius 1 is 1.50 bits per heavy atom. The number of ether oxygens (including phenoxy) is 1. The fourth-order valence-electron chi connectivity index (χ4n) is 3.20. The summed E-state index contributed by atoms with van der Waals surface area (Å²) in [5, 5.41) is 0. The number of carbonyl (C=O) groups is 1. The zero-order valence-corrected chi connectivity index (χ0v) is 12.0. The Hall–Kier alpha value is -1.55. The Labute approximate surface area is 119 Å². The first-order valence-electron chi connectivity index (χ1n) is 7.33. The Kier molecular flexibility index (Phi) is 3.42. The topological polar surface area (TPSA) is 55.6 Å². The second kappa shape index (κ2) is 5.09. The highest BCUT2D eigenvalue weighted by molar-refractivity contribution is 5.85. The van der Waals surface area contributed by atoms with Crippen molar-refractivity contribution in [1.29, 1.82) is 0 Å². The number of likely N-dealkylation sites (tertiary alicyclic amines) is 1. The fraction of sp³-hybridized carbons (Fsp3) is 0.562. The largest absolute Gasteiger partial charge is 0.493 e. The van der Waals surface area contributed by atoms with Crippen molar-refractivity contribution in [1.82, 2.24) is 4.90 Å². The van der Waals surface area contributed by atoms with Crippen molar-refractivity contribution < 1.29 is 9.53 Å². The third-order valence-electron chi connectivity index (χ3n) is 4.62. The lowest BCUT2D eigenvalue weighted by Crippen LogP contribution is -2.38. The van der Waals surface area contributed by atoms with Gasteiger partial charge in [-0.05, 0) is 30.9 Å². The van der Waals surface area contributed by atoms with Crippen LogP contribution in [0.5, 0.6) is 5.75 Å². The van der Waals surface area contributed by atoms with Crippen molar-refractivity contribution in [2.45, 2.75) is 25.7 Å². The van der Waals surface area contributed by atoms with Crippen LogP contribution in [0.15, 0.2) is 24.3 Å². The summed E-state index contributed by atoms with van der Waals surface area (Å²) in [5.74, 6) is 1.04. The summed E-state index contributed by atoms with van der Waals surface area (Å²) in [4.78, 5) is 14.8. The molecule has 2 N–H and O–H groups in total. The van der Waals surface area contributed by atoms with Gasteiger partial charge in [0, 0.05) is 18.7 Å². The maximum absolute atomic E-state index is 12.8. The third kappa shape index (κ3) is 2.29. The van der Waals surface area contributed by atoms with E-state index in [1.54, 1.807) is 0 Å². The number of amides is 1. The molecule has 1 fully saturated rings. The van der Waals surface area contributed by atoms with Gasteiger partial charge >= 0.3 is 0 Å². The number of rotatable bonds is 2. The van der Waals surface area contributed by atoms with Gasteiger partial charge in [0.25, 0.3) is 0 Å².